The number of hydrogen-bond donors (Lipinski definition) is 2. The number of carbonyl (C=O) groups is 1. The topological polar surface area (TPSA) is 75.2 Å². The molecule has 0 aromatic carbocycles. The molecule has 7 heteroatoms. The summed E-state index contributed by atoms with van der Waals surface area (Å²) in [6.45, 7) is 12.3. The molecule has 2 N–H and O–H groups in total. The maximum atomic E-state index is 12.3. The van der Waals surface area contributed by atoms with Gasteiger partial charge in [-0.15, -0.1) is 0 Å². The van der Waals surface area contributed by atoms with E-state index in [0.29, 0.717) is 37.9 Å². The number of rotatable bonds is 7. The Kier molecular flexibility index (Phi) is 7.55. The van der Waals surface area contributed by atoms with E-state index in [9.17, 15) is 4.79 Å². The van der Waals surface area contributed by atoms with Gasteiger partial charge in [-0.3, -0.25) is 4.99 Å². The Hall–Kier alpha value is -1.50. The zero-order valence-corrected chi connectivity index (χ0v) is 17.0. The van der Waals surface area contributed by atoms with Gasteiger partial charge in [-0.2, -0.15) is 0 Å². The van der Waals surface area contributed by atoms with Gasteiger partial charge in [0, 0.05) is 19.6 Å². The zero-order chi connectivity index (χ0) is 19.2. The highest BCUT2D eigenvalue weighted by Crippen LogP contribution is 2.34. The molecule has 0 spiro atoms. The van der Waals surface area contributed by atoms with Crippen LogP contribution in [-0.2, 0) is 9.47 Å². The van der Waals surface area contributed by atoms with Crippen LogP contribution in [0.2, 0.25) is 0 Å². The maximum Gasteiger partial charge on any atom is 0.410 e. The summed E-state index contributed by atoms with van der Waals surface area (Å²) in [5.74, 6) is 0.800. The Balaban J connectivity index is 1.86. The molecule has 0 radical (unpaired) electrons. The minimum atomic E-state index is -0.482. The monoisotopic (exact) mass is 368 g/mol. The molecule has 2 rings (SSSR count). The van der Waals surface area contributed by atoms with Gasteiger partial charge in [0.25, 0.3) is 0 Å². The van der Waals surface area contributed by atoms with Gasteiger partial charge in [-0.1, -0.05) is 6.92 Å². The lowest BCUT2D eigenvalue weighted by molar-refractivity contribution is 0.0256. The van der Waals surface area contributed by atoms with Crippen LogP contribution in [0.5, 0.6) is 0 Å². The lowest BCUT2D eigenvalue weighted by Gasteiger charge is -2.27. The molecule has 0 aliphatic carbocycles. The summed E-state index contributed by atoms with van der Waals surface area (Å²) >= 11 is 0. The largest absolute Gasteiger partial charge is 0.444 e. The molecule has 150 valence electrons. The van der Waals surface area contributed by atoms with Crippen molar-refractivity contribution in [3.63, 3.8) is 0 Å². The quantitative estimate of drug-likeness (QED) is 0.533. The molecule has 2 bridgehead atoms. The SMILES string of the molecule is CCCN(CCN=C(NCC)NC1CC2CCC1O2)C(=O)OC(C)(C)C. The van der Waals surface area contributed by atoms with Gasteiger partial charge in [0.15, 0.2) is 5.96 Å². The molecule has 2 saturated heterocycles. The van der Waals surface area contributed by atoms with Crippen LogP contribution in [-0.4, -0.2) is 67.0 Å². The van der Waals surface area contributed by atoms with Gasteiger partial charge >= 0.3 is 6.09 Å². The third-order valence-electron chi connectivity index (χ3n) is 4.56. The fraction of sp³-hybridized carbons (Fsp3) is 0.895. The van der Waals surface area contributed by atoms with Crippen LogP contribution in [0.3, 0.4) is 0 Å². The number of aliphatic imine (C=N–C) groups is 1. The number of carbonyl (C=O) groups excluding carboxylic acids is 1. The van der Waals surface area contributed by atoms with Crippen molar-refractivity contribution in [3.8, 4) is 0 Å². The Labute approximate surface area is 157 Å². The van der Waals surface area contributed by atoms with Gasteiger partial charge in [-0.25, -0.2) is 4.79 Å². The molecule has 0 aromatic heterocycles. The fourth-order valence-corrected chi connectivity index (χ4v) is 3.46. The minimum Gasteiger partial charge on any atom is -0.444 e. The van der Waals surface area contributed by atoms with Crippen LogP contribution < -0.4 is 10.6 Å². The number of ether oxygens (including phenoxy) is 2. The summed E-state index contributed by atoms with van der Waals surface area (Å²) < 4.78 is 11.4. The van der Waals surface area contributed by atoms with E-state index >= 15 is 0 Å². The van der Waals surface area contributed by atoms with Gasteiger partial charge in [0.05, 0.1) is 24.8 Å². The lowest BCUT2D eigenvalue weighted by Crippen LogP contribution is -2.47. The first-order valence-electron chi connectivity index (χ1n) is 10.0. The molecule has 0 saturated carbocycles. The molecular weight excluding hydrogens is 332 g/mol. The molecule has 3 atom stereocenters. The highest BCUT2D eigenvalue weighted by atomic mass is 16.6. The average molecular weight is 369 g/mol. The molecule has 2 aliphatic rings. The molecule has 3 unspecified atom stereocenters. The molecule has 26 heavy (non-hydrogen) atoms. The molecule has 7 nitrogen and oxygen atoms in total. The smallest absolute Gasteiger partial charge is 0.410 e. The first kappa shape index (κ1) is 20.8. The van der Waals surface area contributed by atoms with Crippen molar-refractivity contribution in [2.45, 2.75) is 84.2 Å². The second kappa shape index (κ2) is 9.44. The molecule has 2 aliphatic heterocycles. The molecule has 2 heterocycles. The number of hydrogen-bond acceptors (Lipinski definition) is 4. The van der Waals surface area contributed by atoms with Gasteiger partial charge in [0.2, 0.25) is 0 Å². The summed E-state index contributed by atoms with van der Waals surface area (Å²) in [6, 6.07) is 0.337. The van der Waals surface area contributed by atoms with E-state index in [0.717, 1.165) is 31.8 Å². The van der Waals surface area contributed by atoms with E-state index < -0.39 is 5.60 Å². The number of amides is 1. The van der Waals surface area contributed by atoms with E-state index in [2.05, 4.69) is 29.5 Å². The second-order valence-corrected chi connectivity index (χ2v) is 8.09. The van der Waals surface area contributed by atoms with E-state index in [1.807, 2.05) is 20.8 Å². The normalized spacial score (nSPS) is 25.3. The number of guanidine groups is 1. The Morgan fingerprint density at radius 2 is 2.04 bits per heavy atom. The van der Waals surface area contributed by atoms with Crippen molar-refractivity contribution in [2.75, 3.05) is 26.2 Å². The van der Waals surface area contributed by atoms with Crippen molar-refractivity contribution < 1.29 is 14.3 Å². The van der Waals surface area contributed by atoms with Crippen LogP contribution >= 0.6 is 0 Å². The number of nitrogens with one attached hydrogen (secondary N) is 2. The van der Waals surface area contributed by atoms with Crippen LogP contribution in [0.15, 0.2) is 4.99 Å². The van der Waals surface area contributed by atoms with Crippen molar-refractivity contribution >= 4 is 12.1 Å². The zero-order valence-electron chi connectivity index (χ0n) is 17.0. The Morgan fingerprint density at radius 1 is 1.27 bits per heavy atom. The van der Waals surface area contributed by atoms with Gasteiger partial charge in [0.1, 0.15) is 5.60 Å². The van der Waals surface area contributed by atoms with Crippen LogP contribution in [0.4, 0.5) is 4.79 Å². The molecule has 0 aromatic rings. The average Bonchev–Trinajstić information content (AvgIpc) is 3.15. The van der Waals surface area contributed by atoms with Crippen molar-refractivity contribution in [3.05, 3.63) is 0 Å². The molecule has 1 amide bonds. The minimum absolute atomic E-state index is 0.269. The summed E-state index contributed by atoms with van der Waals surface area (Å²) in [4.78, 5) is 18.7. The third-order valence-corrected chi connectivity index (χ3v) is 4.56. The Morgan fingerprint density at radius 3 is 2.58 bits per heavy atom. The van der Waals surface area contributed by atoms with Crippen molar-refractivity contribution in [2.24, 2.45) is 4.99 Å². The first-order chi connectivity index (χ1) is 12.3. The Bertz CT molecular complexity index is 490. The van der Waals surface area contributed by atoms with E-state index in [1.54, 1.807) is 4.90 Å². The summed E-state index contributed by atoms with van der Waals surface area (Å²) in [5, 5.41) is 6.79. The van der Waals surface area contributed by atoms with Crippen LogP contribution in [0, 0.1) is 0 Å². The summed E-state index contributed by atoms with van der Waals surface area (Å²) in [6.07, 6.45) is 4.70. The van der Waals surface area contributed by atoms with Gasteiger partial charge in [-0.05, 0) is 53.4 Å². The number of nitrogens with zero attached hydrogens (tertiary/aromatic N) is 2. The molecular formula is C19H36N4O3. The molecule has 2 fully saturated rings. The second-order valence-electron chi connectivity index (χ2n) is 8.09. The highest BCUT2D eigenvalue weighted by molar-refractivity contribution is 5.80. The van der Waals surface area contributed by atoms with Crippen molar-refractivity contribution in [1.29, 1.82) is 0 Å². The summed E-state index contributed by atoms with van der Waals surface area (Å²) in [7, 11) is 0. The maximum absolute atomic E-state index is 12.3. The predicted molar refractivity (Wildman–Crippen MR) is 104 cm³/mol. The van der Waals surface area contributed by atoms with Crippen LogP contribution in [0.25, 0.3) is 0 Å². The summed E-state index contributed by atoms with van der Waals surface area (Å²) in [5.41, 5.74) is -0.482. The fourth-order valence-electron chi connectivity index (χ4n) is 3.46. The van der Waals surface area contributed by atoms with Gasteiger partial charge < -0.3 is 25.0 Å². The van der Waals surface area contributed by atoms with E-state index in [4.69, 9.17) is 9.47 Å². The first-order valence-corrected chi connectivity index (χ1v) is 10.0. The van der Waals surface area contributed by atoms with E-state index in [-0.39, 0.29) is 6.09 Å². The third kappa shape index (κ3) is 6.34. The van der Waals surface area contributed by atoms with Crippen molar-refractivity contribution in [1.82, 2.24) is 15.5 Å². The standard InChI is InChI=1S/C19H36N4O3/c1-6-11-23(18(24)26-19(3,4)5)12-10-21-17(20-7-2)22-15-13-14-8-9-16(15)25-14/h14-16H,6-13H2,1-5H3,(H2,20,21,22). The number of fused-ring (bicyclic) bond motifs is 2. The lowest BCUT2D eigenvalue weighted by atomic mass is 9.96. The van der Waals surface area contributed by atoms with Crippen LogP contribution in [0.1, 0.15) is 60.3 Å². The highest BCUT2D eigenvalue weighted by Gasteiger charge is 2.41. The predicted octanol–water partition coefficient (Wildman–Crippen LogP) is 2.51. The van der Waals surface area contributed by atoms with E-state index in [1.165, 1.54) is 6.42 Å².